The Morgan fingerprint density at radius 1 is 0.886 bits per heavy atom. The molecule has 4 aromatic rings. The molecule has 0 unspecified atom stereocenters. The quantitative estimate of drug-likeness (QED) is 0.252. The molecule has 0 atom stereocenters. The highest BCUT2D eigenvalue weighted by Gasteiger charge is 2.20. The van der Waals surface area contributed by atoms with E-state index in [1.54, 1.807) is 6.07 Å². The van der Waals surface area contributed by atoms with E-state index >= 15 is 0 Å². The Labute approximate surface area is 204 Å². The van der Waals surface area contributed by atoms with Crippen LogP contribution in [-0.4, -0.2) is 43.2 Å². The van der Waals surface area contributed by atoms with Crippen molar-refractivity contribution in [1.29, 1.82) is 0 Å². The van der Waals surface area contributed by atoms with Crippen molar-refractivity contribution in [2.24, 2.45) is 0 Å². The van der Waals surface area contributed by atoms with Crippen LogP contribution in [0, 0.1) is 0 Å². The van der Waals surface area contributed by atoms with Crippen LogP contribution in [0.1, 0.15) is 36.5 Å². The van der Waals surface area contributed by atoms with Gasteiger partial charge in [0.25, 0.3) is 0 Å². The zero-order valence-corrected chi connectivity index (χ0v) is 19.8. The summed E-state index contributed by atoms with van der Waals surface area (Å²) in [5.41, 5.74) is 3.15. The van der Waals surface area contributed by atoms with Crippen LogP contribution >= 0.6 is 0 Å². The van der Waals surface area contributed by atoms with Gasteiger partial charge in [0, 0.05) is 19.2 Å². The van der Waals surface area contributed by atoms with E-state index in [9.17, 15) is 15.3 Å². The second-order valence-corrected chi connectivity index (χ2v) is 8.65. The van der Waals surface area contributed by atoms with Gasteiger partial charge in [-0.15, -0.1) is 5.10 Å². The molecule has 0 spiro atoms. The van der Waals surface area contributed by atoms with Crippen molar-refractivity contribution in [3.8, 4) is 34.6 Å². The fraction of sp³-hybridized carbons (Fsp3) is 0.259. The maximum absolute atomic E-state index is 10.4. The van der Waals surface area contributed by atoms with Crippen LogP contribution in [0.4, 0.5) is 0 Å². The molecule has 0 saturated heterocycles. The van der Waals surface area contributed by atoms with Gasteiger partial charge in [-0.25, -0.2) is 0 Å². The molecule has 4 N–H and O–H groups in total. The van der Waals surface area contributed by atoms with Crippen molar-refractivity contribution < 1.29 is 20.1 Å². The predicted molar refractivity (Wildman–Crippen MR) is 134 cm³/mol. The molecule has 35 heavy (non-hydrogen) atoms. The van der Waals surface area contributed by atoms with E-state index < -0.39 is 0 Å². The minimum absolute atomic E-state index is 0.0207. The average Bonchev–Trinajstić information content (AvgIpc) is 3.20. The predicted octanol–water partition coefficient (Wildman–Crippen LogP) is 4.40. The van der Waals surface area contributed by atoms with Gasteiger partial charge >= 0.3 is 6.01 Å². The minimum Gasteiger partial charge on any atom is -0.508 e. The van der Waals surface area contributed by atoms with Crippen LogP contribution < -0.4 is 10.1 Å². The number of hydrogen-bond donors (Lipinski definition) is 4. The van der Waals surface area contributed by atoms with Crippen LogP contribution in [0.5, 0.6) is 23.3 Å². The molecule has 8 heteroatoms. The monoisotopic (exact) mass is 474 g/mol. The zero-order chi connectivity index (χ0) is 24.8. The number of aromatic hydroxyl groups is 3. The Bertz CT molecular complexity index is 1250. The first-order valence-corrected chi connectivity index (χ1v) is 11.6. The number of hydrogen-bond acceptors (Lipinski definition) is 7. The van der Waals surface area contributed by atoms with E-state index in [1.165, 1.54) is 10.6 Å². The van der Waals surface area contributed by atoms with Crippen molar-refractivity contribution in [3.63, 3.8) is 0 Å². The van der Waals surface area contributed by atoms with Crippen LogP contribution in [0.15, 0.2) is 66.7 Å². The van der Waals surface area contributed by atoms with E-state index in [1.807, 2.05) is 68.4 Å². The molecule has 0 bridgehead atoms. The number of nitrogens with one attached hydrogen (secondary N) is 1. The lowest BCUT2D eigenvalue weighted by Crippen LogP contribution is -2.20. The van der Waals surface area contributed by atoms with Gasteiger partial charge in [0.15, 0.2) is 5.82 Å². The third-order valence-corrected chi connectivity index (χ3v) is 5.72. The molecule has 3 aromatic carbocycles. The van der Waals surface area contributed by atoms with Crippen molar-refractivity contribution >= 4 is 0 Å². The summed E-state index contributed by atoms with van der Waals surface area (Å²) in [6.45, 7) is 6.24. The SMILES string of the molecule is CC(C)c1cc(-c2nnc(O)n2Cc2ccc(CNCCOc3ccccc3)cc2)c(O)cc1O. The van der Waals surface area contributed by atoms with Gasteiger partial charge in [-0.05, 0) is 40.8 Å². The lowest BCUT2D eigenvalue weighted by Gasteiger charge is -2.14. The summed E-state index contributed by atoms with van der Waals surface area (Å²) in [6.07, 6.45) is 0. The third-order valence-electron chi connectivity index (χ3n) is 5.72. The summed E-state index contributed by atoms with van der Waals surface area (Å²) in [7, 11) is 0. The van der Waals surface area contributed by atoms with Gasteiger partial charge in [0.1, 0.15) is 23.9 Å². The summed E-state index contributed by atoms with van der Waals surface area (Å²) in [6, 6.07) is 20.5. The first kappa shape index (κ1) is 24.1. The van der Waals surface area contributed by atoms with E-state index in [-0.39, 0.29) is 23.4 Å². The lowest BCUT2D eigenvalue weighted by molar-refractivity contribution is 0.313. The van der Waals surface area contributed by atoms with Crippen LogP contribution in [0.25, 0.3) is 11.4 Å². The summed E-state index contributed by atoms with van der Waals surface area (Å²) in [5, 5.41) is 42.1. The lowest BCUT2D eigenvalue weighted by atomic mass is 9.98. The van der Waals surface area contributed by atoms with Crippen molar-refractivity contribution in [3.05, 3.63) is 83.4 Å². The van der Waals surface area contributed by atoms with Gasteiger partial charge in [-0.1, -0.05) is 61.4 Å². The summed E-state index contributed by atoms with van der Waals surface area (Å²) in [5.74, 6) is 1.12. The number of ether oxygens (including phenoxy) is 1. The number of phenolic OH excluding ortho intramolecular Hbond substituents is 2. The highest BCUT2D eigenvalue weighted by Crippen LogP contribution is 2.38. The standard InChI is InChI=1S/C27H30N4O4/c1-18(2)22-14-23(25(33)15-24(22)32)26-29-30-27(34)31(26)17-20-10-8-19(9-11-20)16-28-12-13-35-21-6-4-3-5-7-21/h3-11,14-15,18,28,32-33H,12-13,16-17H2,1-2H3,(H,30,34). The van der Waals surface area contributed by atoms with Crippen LogP contribution in [0.2, 0.25) is 0 Å². The normalized spacial score (nSPS) is 11.2. The number of nitrogens with zero attached hydrogens (tertiary/aromatic N) is 3. The Balaban J connectivity index is 1.39. The van der Waals surface area contributed by atoms with E-state index in [0.29, 0.717) is 36.6 Å². The minimum atomic E-state index is -0.247. The van der Waals surface area contributed by atoms with E-state index in [4.69, 9.17) is 4.74 Å². The topological polar surface area (TPSA) is 113 Å². The Morgan fingerprint density at radius 3 is 2.31 bits per heavy atom. The highest BCUT2D eigenvalue weighted by atomic mass is 16.5. The first-order valence-electron chi connectivity index (χ1n) is 11.6. The van der Waals surface area contributed by atoms with Gasteiger partial charge in [-0.3, -0.25) is 4.57 Å². The molecule has 4 rings (SSSR count). The van der Waals surface area contributed by atoms with Crippen molar-refractivity contribution in [2.75, 3.05) is 13.2 Å². The summed E-state index contributed by atoms with van der Waals surface area (Å²) in [4.78, 5) is 0. The number of para-hydroxylation sites is 1. The van der Waals surface area contributed by atoms with Gasteiger partial charge in [0.05, 0.1) is 12.1 Å². The molecule has 0 aliphatic rings. The molecule has 1 heterocycles. The maximum atomic E-state index is 10.4. The van der Waals surface area contributed by atoms with Crippen LogP contribution in [0.3, 0.4) is 0 Å². The third kappa shape index (κ3) is 5.91. The molecule has 0 aliphatic heterocycles. The van der Waals surface area contributed by atoms with E-state index in [0.717, 1.165) is 23.4 Å². The summed E-state index contributed by atoms with van der Waals surface area (Å²) < 4.78 is 7.22. The molecular weight excluding hydrogens is 444 g/mol. The van der Waals surface area contributed by atoms with E-state index in [2.05, 4.69) is 15.5 Å². The van der Waals surface area contributed by atoms with Crippen molar-refractivity contribution in [2.45, 2.75) is 32.9 Å². The van der Waals surface area contributed by atoms with Gasteiger partial charge < -0.3 is 25.4 Å². The fourth-order valence-electron chi connectivity index (χ4n) is 3.81. The molecule has 1 aromatic heterocycles. The number of phenols is 2. The Hall–Kier alpha value is -4.04. The molecule has 0 saturated carbocycles. The van der Waals surface area contributed by atoms with Crippen LogP contribution in [-0.2, 0) is 13.1 Å². The largest absolute Gasteiger partial charge is 0.508 e. The number of aromatic nitrogens is 3. The molecule has 0 radical (unpaired) electrons. The Kier molecular flexibility index (Phi) is 7.52. The van der Waals surface area contributed by atoms with Crippen molar-refractivity contribution in [1.82, 2.24) is 20.1 Å². The maximum Gasteiger partial charge on any atom is 0.315 e. The molecular formula is C27H30N4O4. The molecule has 182 valence electrons. The first-order chi connectivity index (χ1) is 16.9. The van der Waals surface area contributed by atoms with Gasteiger partial charge in [-0.2, -0.15) is 0 Å². The summed E-state index contributed by atoms with van der Waals surface area (Å²) >= 11 is 0. The highest BCUT2D eigenvalue weighted by molar-refractivity contribution is 5.68. The second-order valence-electron chi connectivity index (χ2n) is 8.65. The smallest absolute Gasteiger partial charge is 0.315 e. The second kappa shape index (κ2) is 10.9. The fourth-order valence-corrected chi connectivity index (χ4v) is 3.81. The Morgan fingerprint density at radius 2 is 1.60 bits per heavy atom. The molecule has 0 fully saturated rings. The molecule has 8 nitrogen and oxygen atoms in total. The molecule has 0 amide bonds. The number of benzene rings is 3. The van der Waals surface area contributed by atoms with Gasteiger partial charge in [0.2, 0.25) is 0 Å². The number of rotatable bonds is 10. The molecule has 0 aliphatic carbocycles. The zero-order valence-electron chi connectivity index (χ0n) is 19.8. The average molecular weight is 475 g/mol.